The minimum Gasteiger partial charge on any atom is -0.380 e. The van der Waals surface area contributed by atoms with Crippen molar-refractivity contribution in [2.24, 2.45) is 0 Å². The summed E-state index contributed by atoms with van der Waals surface area (Å²) in [5.74, 6) is 0. The third kappa shape index (κ3) is 5.22. The van der Waals surface area contributed by atoms with E-state index in [9.17, 15) is 8.42 Å². The fraction of sp³-hybridized carbons (Fsp3) is 0.143. The van der Waals surface area contributed by atoms with Crippen LogP contribution in [0.5, 0.6) is 0 Å². The molecule has 0 spiro atoms. The first-order valence-electron chi connectivity index (χ1n) is 6.09. The predicted octanol–water partition coefficient (Wildman–Crippen LogP) is 4.09. The van der Waals surface area contributed by atoms with Crippen LogP contribution in [0, 0.1) is 0 Å². The van der Waals surface area contributed by atoms with Gasteiger partial charge in [0.2, 0.25) is 10.0 Å². The number of hydrogen-bond donors (Lipinski definition) is 2. The molecule has 0 radical (unpaired) electrons. The van der Waals surface area contributed by atoms with Gasteiger partial charge >= 0.3 is 0 Å². The topological polar surface area (TPSA) is 58.2 Å². The van der Waals surface area contributed by atoms with E-state index in [1.807, 2.05) is 24.3 Å². The molecule has 0 amide bonds. The Morgan fingerprint density at radius 2 is 1.81 bits per heavy atom. The Morgan fingerprint density at radius 1 is 1.14 bits per heavy atom. The summed E-state index contributed by atoms with van der Waals surface area (Å²) >= 11 is 9.50. The maximum absolute atomic E-state index is 11.2. The van der Waals surface area contributed by atoms with Crippen LogP contribution >= 0.6 is 27.5 Å². The van der Waals surface area contributed by atoms with E-state index < -0.39 is 10.0 Å². The van der Waals surface area contributed by atoms with Gasteiger partial charge in [-0.3, -0.25) is 4.72 Å². The molecular weight excluding hydrogens is 376 g/mol. The van der Waals surface area contributed by atoms with Gasteiger partial charge in [0.25, 0.3) is 0 Å². The number of anilines is 2. The van der Waals surface area contributed by atoms with Gasteiger partial charge in [-0.25, -0.2) is 8.42 Å². The maximum atomic E-state index is 11.2. The third-order valence-corrected chi connectivity index (χ3v) is 4.13. The lowest BCUT2D eigenvalue weighted by Gasteiger charge is -2.11. The summed E-state index contributed by atoms with van der Waals surface area (Å²) in [6.07, 6.45) is 1.11. The van der Waals surface area contributed by atoms with Gasteiger partial charge in [-0.15, -0.1) is 0 Å². The average molecular weight is 390 g/mol. The predicted molar refractivity (Wildman–Crippen MR) is 91.4 cm³/mol. The molecule has 0 saturated carbocycles. The Labute approximate surface area is 137 Å². The first-order chi connectivity index (χ1) is 9.83. The second-order valence-electron chi connectivity index (χ2n) is 4.55. The molecule has 2 rings (SSSR count). The minimum atomic E-state index is -3.30. The smallest absolute Gasteiger partial charge is 0.229 e. The lowest BCUT2D eigenvalue weighted by molar-refractivity contribution is 0.607. The van der Waals surface area contributed by atoms with E-state index >= 15 is 0 Å². The van der Waals surface area contributed by atoms with Crippen molar-refractivity contribution in [3.8, 4) is 0 Å². The molecule has 0 heterocycles. The highest BCUT2D eigenvalue weighted by Gasteiger charge is 2.06. The fourth-order valence-corrected chi connectivity index (χ4v) is 2.74. The van der Waals surface area contributed by atoms with Crippen LogP contribution in [-0.4, -0.2) is 14.7 Å². The summed E-state index contributed by atoms with van der Waals surface area (Å²) in [5, 5.41) is 3.73. The summed E-state index contributed by atoms with van der Waals surface area (Å²) in [4.78, 5) is 0. The zero-order valence-electron chi connectivity index (χ0n) is 11.2. The molecule has 0 saturated heterocycles. The Hall–Kier alpha value is -1.24. The summed E-state index contributed by atoms with van der Waals surface area (Å²) in [7, 11) is -3.30. The molecule has 0 aliphatic rings. The van der Waals surface area contributed by atoms with Crippen LogP contribution in [0.2, 0.25) is 5.02 Å². The number of hydrogen-bond acceptors (Lipinski definition) is 3. The Balaban J connectivity index is 2.12. The van der Waals surface area contributed by atoms with E-state index in [0.29, 0.717) is 22.9 Å². The highest BCUT2D eigenvalue weighted by atomic mass is 79.9. The average Bonchev–Trinajstić information content (AvgIpc) is 2.39. The molecule has 0 atom stereocenters. The third-order valence-electron chi connectivity index (χ3n) is 2.67. The maximum Gasteiger partial charge on any atom is 0.229 e. The molecule has 21 heavy (non-hydrogen) atoms. The molecule has 2 aromatic carbocycles. The first kappa shape index (κ1) is 16.1. The van der Waals surface area contributed by atoms with E-state index in [-0.39, 0.29) is 0 Å². The molecule has 0 bridgehead atoms. The van der Waals surface area contributed by atoms with E-state index in [1.165, 1.54) is 0 Å². The van der Waals surface area contributed by atoms with Crippen LogP contribution < -0.4 is 10.0 Å². The fourth-order valence-electron chi connectivity index (χ4n) is 1.74. The molecule has 0 aliphatic carbocycles. The zero-order valence-corrected chi connectivity index (χ0v) is 14.4. The monoisotopic (exact) mass is 388 g/mol. The van der Waals surface area contributed by atoms with Crippen LogP contribution in [0.4, 0.5) is 11.4 Å². The van der Waals surface area contributed by atoms with Gasteiger partial charge in [0.05, 0.1) is 22.7 Å². The molecule has 0 aromatic heterocycles. The first-order valence-corrected chi connectivity index (χ1v) is 9.15. The van der Waals surface area contributed by atoms with Crippen LogP contribution in [0.15, 0.2) is 46.9 Å². The lowest BCUT2D eigenvalue weighted by Crippen LogP contribution is -2.10. The lowest BCUT2D eigenvalue weighted by atomic mass is 10.2. The summed E-state index contributed by atoms with van der Waals surface area (Å²) in [6, 6.07) is 12.8. The molecule has 2 N–H and O–H groups in total. The summed E-state index contributed by atoms with van der Waals surface area (Å²) in [6.45, 7) is 0.593. The van der Waals surface area contributed by atoms with Gasteiger partial charge in [0, 0.05) is 11.0 Å². The molecular formula is C14H14BrClN2O2S. The second-order valence-corrected chi connectivity index (χ2v) is 7.62. The van der Waals surface area contributed by atoms with Crippen LogP contribution in [0.25, 0.3) is 0 Å². The van der Waals surface area contributed by atoms with Gasteiger partial charge in [0.1, 0.15) is 0 Å². The number of nitrogens with one attached hydrogen (secondary N) is 2. The van der Waals surface area contributed by atoms with Crippen molar-refractivity contribution in [2.75, 3.05) is 16.3 Å². The summed E-state index contributed by atoms with van der Waals surface area (Å²) < 4.78 is 25.9. The van der Waals surface area contributed by atoms with Crippen molar-refractivity contribution < 1.29 is 8.42 Å². The van der Waals surface area contributed by atoms with Crippen molar-refractivity contribution in [1.29, 1.82) is 0 Å². The SMILES string of the molecule is CS(=O)(=O)Nc1ccc(Cl)c(NCc2ccc(Br)cc2)c1. The summed E-state index contributed by atoms with van der Waals surface area (Å²) in [5.41, 5.74) is 2.24. The Morgan fingerprint density at radius 3 is 2.43 bits per heavy atom. The van der Waals surface area contributed by atoms with E-state index in [1.54, 1.807) is 18.2 Å². The highest BCUT2D eigenvalue weighted by molar-refractivity contribution is 9.10. The van der Waals surface area contributed by atoms with Crippen molar-refractivity contribution >= 4 is 48.9 Å². The largest absolute Gasteiger partial charge is 0.380 e. The van der Waals surface area contributed by atoms with E-state index in [4.69, 9.17) is 11.6 Å². The quantitative estimate of drug-likeness (QED) is 0.810. The number of sulfonamides is 1. The van der Waals surface area contributed by atoms with E-state index in [0.717, 1.165) is 16.3 Å². The standard InChI is InChI=1S/C14H14BrClN2O2S/c1-21(19,20)18-12-6-7-13(16)14(8-12)17-9-10-2-4-11(15)5-3-10/h2-8,17-18H,9H2,1H3. The van der Waals surface area contributed by atoms with Crippen LogP contribution in [-0.2, 0) is 16.6 Å². The number of benzene rings is 2. The van der Waals surface area contributed by atoms with Gasteiger partial charge in [-0.1, -0.05) is 39.7 Å². The second kappa shape index (κ2) is 6.68. The molecule has 2 aromatic rings. The van der Waals surface area contributed by atoms with Crippen molar-refractivity contribution in [3.05, 3.63) is 57.5 Å². The Kier molecular flexibility index (Phi) is 5.13. The highest BCUT2D eigenvalue weighted by Crippen LogP contribution is 2.26. The number of halogens is 2. The molecule has 7 heteroatoms. The number of rotatable bonds is 5. The van der Waals surface area contributed by atoms with Gasteiger partial charge in [0.15, 0.2) is 0 Å². The van der Waals surface area contributed by atoms with Crippen molar-refractivity contribution in [1.82, 2.24) is 0 Å². The van der Waals surface area contributed by atoms with Gasteiger partial charge in [-0.2, -0.15) is 0 Å². The van der Waals surface area contributed by atoms with E-state index in [2.05, 4.69) is 26.0 Å². The van der Waals surface area contributed by atoms with Crippen molar-refractivity contribution in [3.63, 3.8) is 0 Å². The molecule has 4 nitrogen and oxygen atoms in total. The van der Waals surface area contributed by atoms with Crippen LogP contribution in [0.1, 0.15) is 5.56 Å². The van der Waals surface area contributed by atoms with Crippen molar-refractivity contribution in [2.45, 2.75) is 6.54 Å². The normalized spacial score (nSPS) is 11.2. The zero-order chi connectivity index (χ0) is 15.5. The molecule has 0 aliphatic heterocycles. The van der Waals surface area contributed by atoms with Gasteiger partial charge in [-0.05, 0) is 35.9 Å². The molecule has 0 fully saturated rings. The van der Waals surface area contributed by atoms with Crippen LogP contribution in [0.3, 0.4) is 0 Å². The Bertz CT molecular complexity index is 733. The van der Waals surface area contributed by atoms with Gasteiger partial charge < -0.3 is 5.32 Å². The molecule has 112 valence electrons. The minimum absolute atomic E-state index is 0.472. The molecule has 0 unspecified atom stereocenters.